The number of nitrogens with one attached hydrogen (secondary N) is 1. The lowest BCUT2D eigenvalue weighted by molar-refractivity contribution is -0.142. The van der Waals surface area contributed by atoms with E-state index in [1.165, 1.54) is 0 Å². The molecule has 0 bridgehead atoms. The molecule has 1 atom stereocenters. The predicted octanol–water partition coefficient (Wildman–Crippen LogP) is 3.93. The summed E-state index contributed by atoms with van der Waals surface area (Å²) in [6, 6.07) is 13.1. The second-order valence-corrected chi connectivity index (χ2v) is 7.84. The largest absolute Gasteiger partial charge is 0.483 e. The molecule has 2 aromatic carbocycles. The van der Waals surface area contributed by atoms with Gasteiger partial charge in [-0.25, -0.2) is 0 Å². The van der Waals surface area contributed by atoms with Crippen LogP contribution >= 0.6 is 0 Å². The van der Waals surface area contributed by atoms with Crippen LogP contribution in [-0.2, 0) is 16.1 Å². The van der Waals surface area contributed by atoms with Crippen LogP contribution in [0.1, 0.15) is 43.0 Å². The van der Waals surface area contributed by atoms with Crippen molar-refractivity contribution in [1.82, 2.24) is 10.2 Å². The second-order valence-electron chi connectivity index (χ2n) is 7.84. The molecule has 0 heterocycles. The van der Waals surface area contributed by atoms with Crippen LogP contribution in [0.25, 0.3) is 0 Å². The Hall–Kier alpha value is -2.82. The Morgan fingerprint density at radius 1 is 1.03 bits per heavy atom. The second kappa shape index (κ2) is 10.1. The predicted molar refractivity (Wildman–Crippen MR) is 116 cm³/mol. The number of hydrogen-bond donors (Lipinski definition) is 1. The Balaban J connectivity index is 2.18. The fraction of sp³-hybridized carbons (Fsp3) is 0.417. The van der Waals surface area contributed by atoms with E-state index in [0.717, 1.165) is 22.3 Å². The topological polar surface area (TPSA) is 58.6 Å². The van der Waals surface area contributed by atoms with Crippen molar-refractivity contribution in [3.05, 3.63) is 64.7 Å². The molecule has 29 heavy (non-hydrogen) atoms. The van der Waals surface area contributed by atoms with Gasteiger partial charge in [-0.2, -0.15) is 0 Å². The van der Waals surface area contributed by atoms with Gasteiger partial charge < -0.3 is 15.0 Å². The average molecular weight is 397 g/mol. The van der Waals surface area contributed by atoms with Gasteiger partial charge in [-0.1, -0.05) is 36.4 Å². The van der Waals surface area contributed by atoms with E-state index in [9.17, 15) is 9.59 Å². The molecule has 5 heteroatoms. The summed E-state index contributed by atoms with van der Waals surface area (Å²) in [4.78, 5) is 27.2. The van der Waals surface area contributed by atoms with Crippen LogP contribution in [0.5, 0.6) is 5.75 Å². The van der Waals surface area contributed by atoms with Crippen LogP contribution in [0.2, 0.25) is 0 Å². The summed E-state index contributed by atoms with van der Waals surface area (Å²) in [6.45, 7) is 11.8. The van der Waals surface area contributed by atoms with Gasteiger partial charge in [-0.15, -0.1) is 0 Å². The fourth-order valence-corrected chi connectivity index (χ4v) is 3.14. The zero-order chi connectivity index (χ0) is 21.6. The van der Waals surface area contributed by atoms with Crippen LogP contribution in [0.4, 0.5) is 0 Å². The van der Waals surface area contributed by atoms with E-state index in [1.54, 1.807) is 11.8 Å². The van der Waals surface area contributed by atoms with Crippen molar-refractivity contribution in [3.8, 4) is 5.75 Å². The van der Waals surface area contributed by atoms with E-state index in [-0.39, 0.29) is 24.5 Å². The Kier molecular flexibility index (Phi) is 7.82. The first-order chi connectivity index (χ1) is 13.7. The van der Waals surface area contributed by atoms with Crippen LogP contribution < -0.4 is 10.1 Å². The minimum Gasteiger partial charge on any atom is -0.483 e. The standard InChI is InChI=1S/C24H32N2O3/c1-16(2)25-24(28)20(6)26(14-21-10-8-7-9-11-21)23(27)15-29-22-13-17(3)12-18(4)19(22)5/h7-13,16,20H,14-15H2,1-6H3,(H,25,28)/t20-/m0/s1. The molecule has 0 aromatic heterocycles. The number of carbonyl (C=O) groups excluding carboxylic acids is 2. The van der Waals surface area contributed by atoms with Crippen LogP contribution in [0.15, 0.2) is 42.5 Å². The van der Waals surface area contributed by atoms with Gasteiger partial charge in [0, 0.05) is 12.6 Å². The zero-order valence-electron chi connectivity index (χ0n) is 18.3. The summed E-state index contributed by atoms with van der Waals surface area (Å²) < 4.78 is 5.87. The zero-order valence-corrected chi connectivity index (χ0v) is 18.3. The third-order valence-electron chi connectivity index (χ3n) is 4.91. The monoisotopic (exact) mass is 396 g/mol. The minimum absolute atomic E-state index is 0.00722. The van der Waals surface area contributed by atoms with Crippen molar-refractivity contribution >= 4 is 11.8 Å². The van der Waals surface area contributed by atoms with Crippen molar-refractivity contribution in [2.24, 2.45) is 0 Å². The van der Waals surface area contributed by atoms with E-state index >= 15 is 0 Å². The highest BCUT2D eigenvalue weighted by Crippen LogP contribution is 2.23. The van der Waals surface area contributed by atoms with Crippen LogP contribution in [-0.4, -0.2) is 35.4 Å². The van der Waals surface area contributed by atoms with Crippen molar-refractivity contribution in [3.63, 3.8) is 0 Å². The molecular weight excluding hydrogens is 364 g/mol. The van der Waals surface area contributed by atoms with Crippen molar-refractivity contribution < 1.29 is 14.3 Å². The molecule has 156 valence electrons. The minimum atomic E-state index is -0.603. The molecule has 0 saturated carbocycles. The van der Waals surface area contributed by atoms with E-state index in [2.05, 4.69) is 11.4 Å². The van der Waals surface area contributed by atoms with Gasteiger partial charge in [0.05, 0.1) is 0 Å². The Morgan fingerprint density at radius 2 is 1.69 bits per heavy atom. The molecule has 2 rings (SSSR count). The van der Waals surface area contributed by atoms with Crippen LogP contribution in [0, 0.1) is 20.8 Å². The van der Waals surface area contributed by atoms with Gasteiger partial charge in [-0.05, 0) is 69.9 Å². The van der Waals surface area contributed by atoms with Gasteiger partial charge in [0.2, 0.25) is 5.91 Å². The Labute approximate surface area is 174 Å². The number of amides is 2. The molecule has 1 N–H and O–H groups in total. The number of carbonyl (C=O) groups is 2. The van der Waals surface area contributed by atoms with Gasteiger partial charge in [0.15, 0.2) is 6.61 Å². The number of benzene rings is 2. The third kappa shape index (κ3) is 6.34. The Morgan fingerprint density at radius 3 is 2.31 bits per heavy atom. The smallest absolute Gasteiger partial charge is 0.261 e. The summed E-state index contributed by atoms with van der Waals surface area (Å²) >= 11 is 0. The van der Waals surface area contributed by atoms with E-state index in [4.69, 9.17) is 4.74 Å². The van der Waals surface area contributed by atoms with Crippen molar-refractivity contribution in [2.75, 3.05) is 6.61 Å². The quantitative estimate of drug-likeness (QED) is 0.735. The molecule has 0 saturated heterocycles. The molecule has 0 aliphatic heterocycles. The number of hydrogen-bond acceptors (Lipinski definition) is 3. The highest BCUT2D eigenvalue weighted by molar-refractivity contribution is 5.88. The molecule has 0 unspecified atom stereocenters. The molecule has 0 fully saturated rings. The fourth-order valence-electron chi connectivity index (χ4n) is 3.14. The summed E-state index contributed by atoms with van der Waals surface area (Å²) in [5, 5.41) is 2.89. The lowest BCUT2D eigenvalue weighted by atomic mass is 10.1. The number of nitrogens with zero attached hydrogens (tertiary/aromatic N) is 1. The molecule has 2 aromatic rings. The molecule has 0 aliphatic rings. The highest BCUT2D eigenvalue weighted by Gasteiger charge is 2.27. The normalized spacial score (nSPS) is 11.8. The molecule has 2 amide bonds. The molecule has 0 radical (unpaired) electrons. The average Bonchev–Trinajstić information content (AvgIpc) is 2.67. The first kappa shape index (κ1) is 22.5. The highest BCUT2D eigenvalue weighted by atomic mass is 16.5. The molecule has 5 nitrogen and oxygen atoms in total. The van der Waals surface area contributed by atoms with E-state index in [1.807, 2.05) is 71.0 Å². The maximum absolute atomic E-state index is 13.1. The van der Waals surface area contributed by atoms with Crippen LogP contribution in [0.3, 0.4) is 0 Å². The number of ether oxygens (including phenoxy) is 1. The van der Waals surface area contributed by atoms with Gasteiger partial charge in [0.1, 0.15) is 11.8 Å². The van der Waals surface area contributed by atoms with Crippen molar-refractivity contribution in [1.29, 1.82) is 0 Å². The van der Waals surface area contributed by atoms with E-state index in [0.29, 0.717) is 12.3 Å². The SMILES string of the molecule is Cc1cc(C)c(C)c(OCC(=O)N(Cc2ccccc2)[C@@H](C)C(=O)NC(C)C)c1. The number of aryl methyl sites for hydroxylation is 2. The third-order valence-corrected chi connectivity index (χ3v) is 4.91. The van der Waals surface area contributed by atoms with Gasteiger partial charge in [0.25, 0.3) is 5.91 Å². The summed E-state index contributed by atoms with van der Waals surface area (Å²) in [6.07, 6.45) is 0. The number of rotatable bonds is 8. The van der Waals surface area contributed by atoms with Crippen molar-refractivity contribution in [2.45, 2.75) is 60.2 Å². The summed E-state index contributed by atoms with van der Waals surface area (Å²) in [5.41, 5.74) is 4.19. The lowest BCUT2D eigenvalue weighted by Gasteiger charge is -2.29. The van der Waals surface area contributed by atoms with Gasteiger partial charge >= 0.3 is 0 Å². The van der Waals surface area contributed by atoms with Gasteiger partial charge in [-0.3, -0.25) is 9.59 Å². The van der Waals surface area contributed by atoms with E-state index < -0.39 is 6.04 Å². The molecular formula is C24H32N2O3. The maximum atomic E-state index is 13.1. The first-order valence-electron chi connectivity index (χ1n) is 10.0. The summed E-state index contributed by atoms with van der Waals surface area (Å²) in [5.74, 6) is 0.306. The molecule has 0 spiro atoms. The maximum Gasteiger partial charge on any atom is 0.261 e. The summed E-state index contributed by atoms with van der Waals surface area (Å²) in [7, 11) is 0. The Bertz CT molecular complexity index is 847. The first-order valence-corrected chi connectivity index (χ1v) is 10.0. The molecule has 0 aliphatic carbocycles. The lowest BCUT2D eigenvalue weighted by Crippen LogP contribution is -2.50.